The Morgan fingerprint density at radius 2 is 1.77 bits per heavy atom. The molecule has 1 N–H and O–H groups in total. The van der Waals surface area contributed by atoms with Gasteiger partial charge in [0.15, 0.2) is 5.69 Å². The van der Waals surface area contributed by atoms with Crippen molar-refractivity contribution < 1.29 is 14.7 Å². The maximum atomic E-state index is 12.3. The Bertz CT molecular complexity index is 767. The fourth-order valence-electron chi connectivity index (χ4n) is 2.97. The maximum absolute atomic E-state index is 12.3. The molecule has 8 heteroatoms. The van der Waals surface area contributed by atoms with Crippen LogP contribution >= 0.6 is 11.6 Å². The van der Waals surface area contributed by atoms with Crippen molar-refractivity contribution in [3.63, 3.8) is 0 Å². The van der Waals surface area contributed by atoms with Crippen LogP contribution in [0.4, 0.5) is 0 Å². The summed E-state index contributed by atoms with van der Waals surface area (Å²) in [6.07, 6.45) is 1.90. The van der Waals surface area contributed by atoms with Crippen molar-refractivity contribution in [2.45, 2.75) is 19.5 Å². The monoisotopic (exact) mass is 376 g/mol. The van der Waals surface area contributed by atoms with E-state index in [0.29, 0.717) is 26.1 Å². The number of benzene rings is 1. The van der Waals surface area contributed by atoms with Crippen LogP contribution in [0, 0.1) is 0 Å². The van der Waals surface area contributed by atoms with Crippen molar-refractivity contribution in [3.05, 3.63) is 52.8 Å². The molecule has 138 valence electrons. The Kier molecular flexibility index (Phi) is 5.90. The molecule has 0 spiro atoms. The molecule has 1 aromatic carbocycles. The Hall–Kier alpha value is -2.38. The van der Waals surface area contributed by atoms with E-state index >= 15 is 0 Å². The van der Waals surface area contributed by atoms with Crippen LogP contribution in [0.1, 0.15) is 22.5 Å². The van der Waals surface area contributed by atoms with Crippen molar-refractivity contribution >= 4 is 23.5 Å². The summed E-state index contributed by atoms with van der Waals surface area (Å²) in [5.41, 5.74) is 1.20. The predicted molar refractivity (Wildman–Crippen MR) is 97.1 cm³/mol. The topological polar surface area (TPSA) is 78.7 Å². The lowest BCUT2D eigenvalue weighted by atomic mass is 10.2. The Morgan fingerprint density at radius 1 is 1.08 bits per heavy atom. The number of hydrogen-bond donors (Lipinski definition) is 1. The van der Waals surface area contributed by atoms with Gasteiger partial charge in [0.05, 0.1) is 0 Å². The number of piperazine rings is 1. The standard InChI is InChI=1S/C18H21ClN4O3/c19-15-3-1-14(2-4-15)13-21-9-11-22(12-10-21)17(24)6-8-23-7-5-16(20-23)18(25)26/h1-5,7H,6,8-13H2,(H,25,26). The number of carboxylic acid groups (broad SMARTS) is 1. The highest BCUT2D eigenvalue weighted by atomic mass is 35.5. The number of aromatic nitrogens is 2. The Balaban J connectivity index is 1.42. The van der Waals surface area contributed by atoms with Crippen molar-refractivity contribution in [2.24, 2.45) is 0 Å². The predicted octanol–water partition coefficient (Wildman–Crippen LogP) is 1.97. The van der Waals surface area contributed by atoms with Crippen molar-refractivity contribution in [1.82, 2.24) is 19.6 Å². The first-order chi connectivity index (χ1) is 12.5. The fourth-order valence-corrected chi connectivity index (χ4v) is 3.10. The lowest BCUT2D eigenvalue weighted by molar-refractivity contribution is -0.133. The summed E-state index contributed by atoms with van der Waals surface area (Å²) in [5.74, 6) is -0.990. The highest BCUT2D eigenvalue weighted by Gasteiger charge is 2.21. The first-order valence-electron chi connectivity index (χ1n) is 8.52. The van der Waals surface area contributed by atoms with Gasteiger partial charge in [-0.1, -0.05) is 23.7 Å². The zero-order valence-corrected chi connectivity index (χ0v) is 15.1. The van der Waals surface area contributed by atoms with E-state index < -0.39 is 5.97 Å². The van der Waals surface area contributed by atoms with Crippen LogP contribution in [0.15, 0.2) is 36.5 Å². The number of carbonyl (C=O) groups excluding carboxylic acids is 1. The van der Waals surface area contributed by atoms with Gasteiger partial charge in [0, 0.05) is 56.9 Å². The summed E-state index contributed by atoms with van der Waals surface area (Å²) < 4.78 is 1.50. The second-order valence-electron chi connectivity index (χ2n) is 6.30. The second kappa shape index (κ2) is 8.33. The number of carboxylic acids is 1. The van der Waals surface area contributed by atoms with Gasteiger partial charge < -0.3 is 10.0 Å². The Morgan fingerprint density at radius 3 is 2.38 bits per heavy atom. The number of amides is 1. The third kappa shape index (κ3) is 4.83. The van der Waals surface area contributed by atoms with E-state index in [-0.39, 0.29) is 11.6 Å². The fraction of sp³-hybridized carbons (Fsp3) is 0.389. The summed E-state index contributed by atoms with van der Waals surface area (Å²) in [5, 5.41) is 13.5. The molecule has 0 aliphatic carbocycles. The van der Waals surface area contributed by atoms with Gasteiger partial charge in [-0.3, -0.25) is 14.4 Å². The zero-order chi connectivity index (χ0) is 18.5. The van der Waals surface area contributed by atoms with Crippen LogP contribution in [0.5, 0.6) is 0 Å². The average Bonchev–Trinajstić information content (AvgIpc) is 3.12. The lowest BCUT2D eigenvalue weighted by Gasteiger charge is -2.34. The van der Waals surface area contributed by atoms with E-state index in [1.807, 2.05) is 29.2 Å². The molecule has 2 heterocycles. The first-order valence-corrected chi connectivity index (χ1v) is 8.90. The number of rotatable bonds is 6. The number of hydrogen-bond acceptors (Lipinski definition) is 4. The van der Waals surface area contributed by atoms with Gasteiger partial charge in [-0.05, 0) is 23.8 Å². The zero-order valence-electron chi connectivity index (χ0n) is 14.3. The molecule has 26 heavy (non-hydrogen) atoms. The minimum Gasteiger partial charge on any atom is -0.476 e. The minimum atomic E-state index is -1.06. The molecule has 2 aromatic rings. The average molecular weight is 377 g/mol. The summed E-state index contributed by atoms with van der Waals surface area (Å²) in [6, 6.07) is 9.26. The van der Waals surface area contributed by atoms with Crippen molar-refractivity contribution in [2.75, 3.05) is 26.2 Å². The molecule has 0 atom stereocenters. The van der Waals surface area contributed by atoms with Crippen LogP contribution in [-0.4, -0.2) is 62.7 Å². The molecule has 7 nitrogen and oxygen atoms in total. The molecule has 0 bridgehead atoms. The third-order valence-corrected chi connectivity index (χ3v) is 4.71. The van der Waals surface area contributed by atoms with E-state index in [9.17, 15) is 9.59 Å². The van der Waals surface area contributed by atoms with Gasteiger partial charge >= 0.3 is 5.97 Å². The van der Waals surface area contributed by atoms with E-state index in [0.717, 1.165) is 24.7 Å². The van der Waals surface area contributed by atoms with Crippen LogP contribution < -0.4 is 0 Å². The minimum absolute atomic E-state index is 0.00624. The van der Waals surface area contributed by atoms with Crippen LogP contribution in [-0.2, 0) is 17.9 Å². The number of carbonyl (C=O) groups is 2. The van der Waals surface area contributed by atoms with E-state index in [2.05, 4.69) is 10.00 Å². The maximum Gasteiger partial charge on any atom is 0.356 e. The second-order valence-corrected chi connectivity index (χ2v) is 6.74. The highest BCUT2D eigenvalue weighted by molar-refractivity contribution is 6.30. The van der Waals surface area contributed by atoms with E-state index in [1.54, 1.807) is 6.20 Å². The number of halogens is 1. The molecule has 1 fully saturated rings. The largest absolute Gasteiger partial charge is 0.476 e. The molecule has 0 unspecified atom stereocenters. The molecule has 1 amide bonds. The summed E-state index contributed by atoms with van der Waals surface area (Å²) in [6.45, 7) is 4.30. The van der Waals surface area contributed by atoms with E-state index in [4.69, 9.17) is 16.7 Å². The SMILES string of the molecule is O=C(O)c1ccn(CCC(=O)N2CCN(Cc3ccc(Cl)cc3)CC2)n1. The quantitative estimate of drug-likeness (QED) is 0.833. The van der Waals surface area contributed by atoms with Gasteiger partial charge in [-0.2, -0.15) is 5.10 Å². The smallest absolute Gasteiger partial charge is 0.356 e. The number of aromatic carboxylic acids is 1. The van der Waals surface area contributed by atoms with Gasteiger partial charge in [-0.15, -0.1) is 0 Å². The van der Waals surface area contributed by atoms with Crippen LogP contribution in [0.2, 0.25) is 5.02 Å². The summed E-state index contributed by atoms with van der Waals surface area (Å²) in [4.78, 5) is 27.3. The molecule has 0 saturated carbocycles. The highest BCUT2D eigenvalue weighted by Crippen LogP contribution is 2.13. The summed E-state index contributed by atoms with van der Waals surface area (Å²) in [7, 11) is 0. The summed E-state index contributed by atoms with van der Waals surface area (Å²) >= 11 is 5.91. The first kappa shape index (κ1) is 18.4. The van der Waals surface area contributed by atoms with Crippen molar-refractivity contribution in [1.29, 1.82) is 0 Å². The molecule has 3 rings (SSSR count). The molecule has 0 radical (unpaired) electrons. The van der Waals surface area contributed by atoms with E-state index in [1.165, 1.54) is 16.3 Å². The van der Waals surface area contributed by atoms with Crippen molar-refractivity contribution in [3.8, 4) is 0 Å². The van der Waals surface area contributed by atoms with Gasteiger partial charge in [-0.25, -0.2) is 4.79 Å². The molecule has 1 aliphatic rings. The normalized spacial score (nSPS) is 15.2. The van der Waals surface area contributed by atoms with Crippen LogP contribution in [0.25, 0.3) is 0 Å². The van der Waals surface area contributed by atoms with Gasteiger partial charge in [0.2, 0.25) is 5.91 Å². The molecule has 1 saturated heterocycles. The number of aryl methyl sites for hydroxylation is 1. The van der Waals surface area contributed by atoms with Crippen LogP contribution in [0.3, 0.4) is 0 Å². The van der Waals surface area contributed by atoms with Gasteiger partial charge in [0.1, 0.15) is 0 Å². The Labute approximate surface area is 156 Å². The third-order valence-electron chi connectivity index (χ3n) is 4.46. The molecule has 1 aromatic heterocycles. The number of nitrogens with zero attached hydrogens (tertiary/aromatic N) is 4. The lowest BCUT2D eigenvalue weighted by Crippen LogP contribution is -2.48. The van der Waals surface area contributed by atoms with Gasteiger partial charge in [0.25, 0.3) is 0 Å². The molecular formula is C18H21ClN4O3. The molecular weight excluding hydrogens is 356 g/mol. The molecule has 1 aliphatic heterocycles.